The summed E-state index contributed by atoms with van der Waals surface area (Å²) in [6, 6.07) is 4.35. The fourth-order valence-electron chi connectivity index (χ4n) is 1.72. The maximum Gasteiger partial charge on any atom is 0.303 e. The number of ether oxygens (including phenoxy) is 1. The van der Waals surface area contributed by atoms with E-state index in [2.05, 4.69) is 0 Å². The SMILES string of the molecule is COc1ccc(C(N)CCCCC(=O)O)cc1F. The van der Waals surface area contributed by atoms with Gasteiger partial charge in [-0.05, 0) is 30.5 Å². The predicted molar refractivity (Wildman–Crippen MR) is 66.0 cm³/mol. The van der Waals surface area contributed by atoms with Crippen LogP contribution in [0.3, 0.4) is 0 Å². The average molecular weight is 255 g/mol. The first-order valence-electron chi connectivity index (χ1n) is 5.85. The third kappa shape index (κ3) is 4.33. The molecule has 0 fully saturated rings. The minimum absolute atomic E-state index is 0.143. The number of halogens is 1. The molecule has 1 aromatic rings. The number of aliphatic carboxylic acids is 1. The number of benzene rings is 1. The van der Waals surface area contributed by atoms with E-state index in [1.807, 2.05) is 0 Å². The third-order valence-electron chi connectivity index (χ3n) is 2.76. The van der Waals surface area contributed by atoms with E-state index in [-0.39, 0.29) is 18.2 Å². The Kier molecular flexibility index (Phi) is 5.58. The van der Waals surface area contributed by atoms with Gasteiger partial charge in [0.1, 0.15) is 0 Å². The first-order chi connectivity index (χ1) is 8.54. The standard InChI is InChI=1S/C13H18FNO3/c1-18-12-7-6-9(8-10(12)14)11(15)4-2-3-5-13(16)17/h6-8,11H,2-5,15H2,1H3,(H,16,17). The largest absolute Gasteiger partial charge is 0.494 e. The Labute approximate surface area is 106 Å². The van der Waals surface area contributed by atoms with Gasteiger partial charge in [-0.15, -0.1) is 0 Å². The molecule has 3 N–H and O–H groups in total. The number of carbonyl (C=O) groups is 1. The van der Waals surface area contributed by atoms with Gasteiger partial charge in [-0.25, -0.2) is 4.39 Å². The highest BCUT2D eigenvalue weighted by atomic mass is 19.1. The molecule has 0 heterocycles. The lowest BCUT2D eigenvalue weighted by Gasteiger charge is -2.12. The molecular weight excluding hydrogens is 237 g/mol. The van der Waals surface area contributed by atoms with Crippen LogP contribution < -0.4 is 10.5 Å². The van der Waals surface area contributed by atoms with Crippen molar-refractivity contribution < 1.29 is 19.0 Å². The number of carboxylic acids is 1. The Balaban J connectivity index is 2.48. The monoisotopic (exact) mass is 255 g/mol. The molecule has 0 radical (unpaired) electrons. The zero-order chi connectivity index (χ0) is 13.5. The second-order valence-corrected chi connectivity index (χ2v) is 4.14. The van der Waals surface area contributed by atoms with Gasteiger partial charge < -0.3 is 15.6 Å². The van der Waals surface area contributed by atoms with Crippen molar-refractivity contribution in [3.05, 3.63) is 29.6 Å². The molecule has 0 spiro atoms. The van der Waals surface area contributed by atoms with Gasteiger partial charge in [0.15, 0.2) is 11.6 Å². The lowest BCUT2D eigenvalue weighted by atomic mass is 10.0. The molecule has 1 rings (SSSR count). The number of methoxy groups -OCH3 is 1. The Bertz CT molecular complexity index is 409. The lowest BCUT2D eigenvalue weighted by Crippen LogP contribution is -2.10. The molecular formula is C13H18FNO3. The number of hydrogen-bond donors (Lipinski definition) is 2. The maximum atomic E-state index is 13.4. The summed E-state index contributed by atoms with van der Waals surface area (Å²) in [6.45, 7) is 0. The molecule has 1 atom stereocenters. The zero-order valence-electron chi connectivity index (χ0n) is 10.4. The van der Waals surface area contributed by atoms with Crippen LogP contribution in [0.25, 0.3) is 0 Å². The molecule has 5 heteroatoms. The van der Waals surface area contributed by atoms with Crippen molar-refractivity contribution in [1.29, 1.82) is 0 Å². The quantitative estimate of drug-likeness (QED) is 0.734. The zero-order valence-corrected chi connectivity index (χ0v) is 10.4. The number of rotatable bonds is 7. The molecule has 18 heavy (non-hydrogen) atoms. The number of nitrogens with two attached hydrogens (primary N) is 1. The Hall–Kier alpha value is -1.62. The summed E-state index contributed by atoms with van der Waals surface area (Å²) >= 11 is 0. The number of unbranched alkanes of at least 4 members (excludes halogenated alkanes) is 1. The summed E-state index contributed by atoms with van der Waals surface area (Å²) in [5, 5.41) is 8.50. The van der Waals surface area contributed by atoms with E-state index in [4.69, 9.17) is 15.6 Å². The summed E-state index contributed by atoms with van der Waals surface area (Å²) in [6.07, 6.45) is 2.07. The fraction of sp³-hybridized carbons (Fsp3) is 0.462. The van der Waals surface area contributed by atoms with E-state index in [0.29, 0.717) is 24.8 Å². The third-order valence-corrected chi connectivity index (χ3v) is 2.76. The van der Waals surface area contributed by atoms with Gasteiger partial charge >= 0.3 is 5.97 Å². The highest BCUT2D eigenvalue weighted by Gasteiger charge is 2.10. The molecule has 0 amide bonds. The Morgan fingerprint density at radius 1 is 1.50 bits per heavy atom. The summed E-state index contributed by atoms with van der Waals surface area (Å²) in [4.78, 5) is 10.3. The van der Waals surface area contributed by atoms with Gasteiger partial charge in [0, 0.05) is 12.5 Å². The molecule has 0 saturated heterocycles. The van der Waals surface area contributed by atoms with Gasteiger partial charge in [-0.2, -0.15) is 0 Å². The van der Waals surface area contributed by atoms with Crippen molar-refractivity contribution >= 4 is 5.97 Å². The van der Waals surface area contributed by atoms with Crippen molar-refractivity contribution in [3.8, 4) is 5.75 Å². The van der Waals surface area contributed by atoms with Crippen LogP contribution in [0.15, 0.2) is 18.2 Å². The minimum atomic E-state index is -0.806. The van der Waals surface area contributed by atoms with Gasteiger partial charge in [0.05, 0.1) is 7.11 Å². The predicted octanol–water partition coefficient (Wildman–Crippen LogP) is 2.48. The van der Waals surface area contributed by atoms with E-state index < -0.39 is 11.8 Å². The van der Waals surface area contributed by atoms with Crippen molar-refractivity contribution in [2.45, 2.75) is 31.7 Å². The van der Waals surface area contributed by atoms with Crippen LogP contribution >= 0.6 is 0 Å². The molecule has 0 aliphatic heterocycles. The highest BCUT2D eigenvalue weighted by molar-refractivity contribution is 5.66. The fourth-order valence-corrected chi connectivity index (χ4v) is 1.72. The van der Waals surface area contributed by atoms with Crippen LogP contribution in [0.4, 0.5) is 4.39 Å². The molecule has 1 unspecified atom stereocenters. The van der Waals surface area contributed by atoms with Gasteiger partial charge in [0.2, 0.25) is 0 Å². The van der Waals surface area contributed by atoms with Gasteiger partial charge in [0.25, 0.3) is 0 Å². The average Bonchev–Trinajstić information content (AvgIpc) is 2.34. The molecule has 100 valence electrons. The summed E-state index contributed by atoms with van der Waals surface area (Å²) in [5.74, 6) is -1.05. The van der Waals surface area contributed by atoms with Crippen molar-refractivity contribution in [1.82, 2.24) is 0 Å². The van der Waals surface area contributed by atoms with E-state index in [9.17, 15) is 9.18 Å². The molecule has 1 aromatic carbocycles. The first-order valence-corrected chi connectivity index (χ1v) is 5.85. The van der Waals surface area contributed by atoms with Crippen LogP contribution in [0.2, 0.25) is 0 Å². The van der Waals surface area contributed by atoms with Crippen molar-refractivity contribution in [2.75, 3.05) is 7.11 Å². The van der Waals surface area contributed by atoms with E-state index in [1.165, 1.54) is 13.2 Å². The Morgan fingerprint density at radius 3 is 2.78 bits per heavy atom. The number of carboxylic acid groups (broad SMARTS) is 1. The highest BCUT2D eigenvalue weighted by Crippen LogP contribution is 2.23. The van der Waals surface area contributed by atoms with Crippen LogP contribution in [0, 0.1) is 5.82 Å². The van der Waals surface area contributed by atoms with E-state index >= 15 is 0 Å². The first kappa shape index (κ1) is 14.4. The maximum absolute atomic E-state index is 13.4. The Morgan fingerprint density at radius 2 is 2.22 bits per heavy atom. The van der Waals surface area contributed by atoms with E-state index in [0.717, 1.165) is 0 Å². The van der Waals surface area contributed by atoms with Gasteiger partial charge in [-0.3, -0.25) is 4.79 Å². The second-order valence-electron chi connectivity index (χ2n) is 4.14. The summed E-state index contributed by atoms with van der Waals surface area (Å²) < 4.78 is 18.3. The van der Waals surface area contributed by atoms with Crippen molar-refractivity contribution in [2.24, 2.45) is 5.73 Å². The van der Waals surface area contributed by atoms with Crippen LogP contribution in [-0.2, 0) is 4.79 Å². The smallest absolute Gasteiger partial charge is 0.303 e. The molecule has 0 saturated carbocycles. The second kappa shape index (κ2) is 6.96. The normalized spacial score (nSPS) is 12.2. The molecule has 0 bridgehead atoms. The van der Waals surface area contributed by atoms with Crippen molar-refractivity contribution in [3.63, 3.8) is 0 Å². The molecule has 4 nitrogen and oxygen atoms in total. The minimum Gasteiger partial charge on any atom is -0.494 e. The lowest BCUT2D eigenvalue weighted by molar-refractivity contribution is -0.137. The van der Waals surface area contributed by atoms with Crippen LogP contribution in [0.5, 0.6) is 5.75 Å². The topological polar surface area (TPSA) is 72.5 Å². The van der Waals surface area contributed by atoms with Crippen LogP contribution in [-0.4, -0.2) is 18.2 Å². The molecule has 0 aromatic heterocycles. The van der Waals surface area contributed by atoms with Gasteiger partial charge in [-0.1, -0.05) is 12.5 Å². The summed E-state index contributed by atoms with van der Waals surface area (Å²) in [7, 11) is 1.41. The molecule has 0 aliphatic rings. The van der Waals surface area contributed by atoms with Crippen LogP contribution in [0.1, 0.15) is 37.3 Å². The van der Waals surface area contributed by atoms with E-state index in [1.54, 1.807) is 12.1 Å². The molecule has 0 aliphatic carbocycles. The number of hydrogen-bond acceptors (Lipinski definition) is 3. The summed E-state index contributed by atoms with van der Waals surface area (Å²) in [5.41, 5.74) is 6.62.